The van der Waals surface area contributed by atoms with Gasteiger partial charge in [-0.1, -0.05) is 129 Å². The maximum Gasteiger partial charge on any atom is 0.253 e. The Morgan fingerprint density at radius 1 is 0.781 bits per heavy atom. The van der Waals surface area contributed by atoms with Crippen LogP contribution in [0, 0.1) is 6.92 Å². The first kappa shape index (κ1) is 28.7. The van der Waals surface area contributed by atoms with Gasteiger partial charge < -0.3 is 10.4 Å². The third-order valence-corrected chi connectivity index (χ3v) is 6.30. The van der Waals surface area contributed by atoms with Crippen molar-refractivity contribution in [1.82, 2.24) is 0 Å². The second kappa shape index (κ2) is 20.3. The Bertz CT molecular complexity index is 555. The Labute approximate surface area is 198 Å². The highest BCUT2D eigenvalue weighted by Crippen LogP contribution is 2.16. The van der Waals surface area contributed by atoms with E-state index in [2.05, 4.69) is 24.4 Å². The van der Waals surface area contributed by atoms with Gasteiger partial charge in [0.1, 0.15) is 6.10 Å². The van der Waals surface area contributed by atoms with Crippen molar-refractivity contribution in [3.05, 3.63) is 36.8 Å². The molecule has 1 aromatic rings. The average Bonchev–Trinajstić information content (AvgIpc) is 2.80. The normalized spacial score (nSPS) is 12.1. The van der Waals surface area contributed by atoms with E-state index in [0.29, 0.717) is 6.42 Å². The van der Waals surface area contributed by atoms with Gasteiger partial charge in [-0.05, 0) is 37.0 Å². The second-order valence-corrected chi connectivity index (χ2v) is 9.40. The molecule has 3 nitrogen and oxygen atoms in total. The lowest BCUT2D eigenvalue weighted by Gasteiger charge is -2.11. The van der Waals surface area contributed by atoms with Crippen molar-refractivity contribution >= 4 is 11.6 Å². The number of benzene rings is 1. The average molecular weight is 445 g/mol. The number of hydrogen-bond donors (Lipinski definition) is 2. The molecule has 1 unspecified atom stereocenters. The molecule has 3 heteroatoms. The smallest absolute Gasteiger partial charge is 0.253 e. The summed E-state index contributed by atoms with van der Waals surface area (Å²) < 4.78 is 0. The highest BCUT2D eigenvalue weighted by atomic mass is 16.3. The van der Waals surface area contributed by atoms with E-state index in [1.54, 1.807) is 0 Å². The summed E-state index contributed by atoms with van der Waals surface area (Å²) in [5.41, 5.74) is 2.08. The van der Waals surface area contributed by atoms with Crippen LogP contribution in [0.25, 0.3) is 0 Å². The minimum atomic E-state index is -0.914. The molecular formula is C29H50NO2. The highest BCUT2D eigenvalue weighted by Gasteiger charge is 2.13. The first-order chi connectivity index (χ1) is 15.7. The number of aryl methyl sites for hydroxylation is 1. The maximum atomic E-state index is 11.9. The number of nitrogens with one attached hydrogen (secondary N) is 1. The molecule has 32 heavy (non-hydrogen) atoms. The minimum absolute atomic E-state index is 0.310. The van der Waals surface area contributed by atoms with E-state index < -0.39 is 6.10 Å². The van der Waals surface area contributed by atoms with Gasteiger partial charge in [-0.3, -0.25) is 4.79 Å². The van der Waals surface area contributed by atoms with Gasteiger partial charge in [-0.25, -0.2) is 0 Å². The van der Waals surface area contributed by atoms with Crippen LogP contribution in [0.2, 0.25) is 0 Å². The largest absolute Gasteiger partial charge is 0.383 e. The van der Waals surface area contributed by atoms with Crippen molar-refractivity contribution in [2.24, 2.45) is 0 Å². The molecule has 0 bridgehead atoms. The fraction of sp³-hybridized carbons (Fsp3) is 0.724. The fourth-order valence-corrected chi connectivity index (χ4v) is 4.19. The van der Waals surface area contributed by atoms with Crippen LogP contribution in [-0.2, 0) is 11.2 Å². The van der Waals surface area contributed by atoms with Gasteiger partial charge in [0.05, 0.1) is 0 Å². The summed E-state index contributed by atoms with van der Waals surface area (Å²) in [7, 11) is 0. The van der Waals surface area contributed by atoms with Crippen LogP contribution in [0.1, 0.15) is 128 Å². The second-order valence-electron chi connectivity index (χ2n) is 9.40. The molecule has 1 rings (SSSR count). The third-order valence-electron chi connectivity index (χ3n) is 6.30. The predicted molar refractivity (Wildman–Crippen MR) is 139 cm³/mol. The number of amides is 1. The number of hydrogen-bond acceptors (Lipinski definition) is 2. The third kappa shape index (κ3) is 15.5. The first-order valence-electron chi connectivity index (χ1n) is 13.5. The van der Waals surface area contributed by atoms with Crippen LogP contribution in [0.15, 0.2) is 24.3 Å². The molecule has 0 spiro atoms. The van der Waals surface area contributed by atoms with E-state index >= 15 is 0 Å². The number of aliphatic hydroxyl groups is 1. The van der Waals surface area contributed by atoms with Crippen molar-refractivity contribution in [2.75, 3.05) is 5.32 Å². The summed E-state index contributed by atoms with van der Waals surface area (Å²) in [6.45, 7) is 5.86. The fourth-order valence-electron chi connectivity index (χ4n) is 4.19. The van der Waals surface area contributed by atoms with Crippen LogP contribution < -0.4 is 5.32 Å². The SMILES string of the molecule is [CH2]CCCCCCCCCCCCCCCCCc1ccc(NC(=O)C(O)CCC)cc1. The Hall–Kier alpha value is -1.35. The number of carbonyl (C=O) groups is 1. The molecule has 0 saturated carbocycles. The van der Waals surface area contributed by atoms with Crippen molar-refractivity contribution in [3.63, 3.8) is 0 Å². The molecule has 0 saturated heterocycles. The van der Waals surface area contributed by atoms with Crippen molar-refractivity contribution < 1.29 is 9.90 Å². The standard InChI is InChI=1S/C29H50NO2/c1-3-5-6-7-8-9-10-11-12-13-14-15-16-17-18-19-21-26-22-24-27(25-23-26)30-29(32)28(31)20-4-2/h22-25,28,31H,1,3-21H2,2H3,(H,30,32). The Balaban J connectivity index is 1.92. The molecule has 0 fully saturated rings. The molecule has 0 aliphatic carbocycles. The van der Waals surface area contributed by atoms with Crippen LogP contribution in [-0.4, -0.2) is 17.1 Å². The molecule has 1 atom stereocenters. The van der Waals surface area contributed by atoms with Gasteiger partial charge >= 0.3 is 0 Å². The van der Waals surface area contributed by atoms with Crippen LogP contribution in [0.4, 0.5) is 5.69 Å². The number of rotatable bonds is 21. The predicted octanol–water partition coefficient (Wildman–Crippen LogP) is 8.40. The zero-order valence-electron chi connectivity index (χ0n) is 20.9. The van der Waals surface area contributed by atoms with Gasteiger partial charge in [-0.2, -0.15) is 0 Å². The summed E-state index contributed by atoms with van der Waals surface area (Å²) >= 11 is 0. The van der Waals surface area contributed by atoms with Crippen LogP contribution >= 0.6 is 0 Å². The highest BCUT2D eigenvalue weighted by molar-refractivity contribution is 5.93. The van der Waals surface area contributed by atoms with Crippen molar-refractivity contribution in [1.29, 1.82) is 0 Å². The zero-order valence-corrected chi connectivity index (χ0v) is 20.9. The molecule has 183 valence electrons. The molecule has 0 aromatic heterocycles. The molecule has 0 aliphatic heterocycles. The van der Waals surface area contributed by atoms with E-state index in [4.69, 9.17) is 0 Å². The van der Waals surface area contributed by atoms with E-state index in [1.165, 1.54) is 102 Å². The molecule has 2 N–H and O–H groups in total. The Kier molecular flexibility index (Phi) is 18.2. The molecular weight excluding hydrogens is 394 g/mol. The quantitative estimate of drug-likeness (QED) is 0.187. The van der Waals surface area contributed by atoms with Crippen molar-refractivity contribution in [3.8, 4) is 0 Å². The Morgan fingerprint density at radius 2 is 1.22 bits per heavy atom. The summed E-state index contributed by atoms with van der Waals surface area (Å²) in [4.78, 5) is 11.9. The first-order valence-corrected chi connectivity index (χ1v) is 13.5. The molecule has 1 radical (unpaired) electrons. The van der Waals surface area contributed by atoms with Gasteiger partial charge in [0.25, 0.3) is 5.91 Å². The summed E-state index contributed by atoms with van der Waals surface area (Å²) in [5.74, 6) is -0.310. The number of aliphatic hydroxyl groups excluding tert-OH is 1. The number of anilines is 1. The molecule has 0 heterocycles. The zero-order chi connectivity index (χ0) is 23.3. The van der Waals surface area contributed by atoms with E-state index in [9.17, 15) is 9.90 Å². The van der Waals surface area contributed by atoms with Gasteiger partial charge in [-0.15, -0.1) is 0 Å². The lowest BCUT2D eigenvalue weighted by molar-refractivity contribution is -0.124. The van der Waals surface area contributed by atoms with Gasteiger partial charge in [0, 0.05) is 5.69 Å². The maximum absolute atomic E-state index is 11.9. The van der Waals surface area contributed by atoms with Crippen LogP contribution in [0.5, 0.6) is 0 Å². The van der Waals surface area contributed by atoms with E-state index in [-0.39, 0.29) is 5.91 Å². The number of unbranched alkanes of at least 4 members (excludes halogenated alkanes) is 15. The summed E-state index contributed by atoms with van der Waals surface area (Å²) in [5, 5.41) is 12.5. The minimum Gasteiger partial charge on any atom is -0.383 e. The van der Waals surface area contributed by atoms with E-state index in [1.807, 2.05) is 19.1 Å². The molecule has 1 aromatic carbocycles. The lowest BCUT2D eigenvalue weighted by atomic mass is 10.0. The molecule has 0 aliphatic rings. The van der Waals surface area contributed by atoms with Gasteiger partial charge in [0.2, 0.25) is 0 Å². The summed E-state index contributed by atoms with van der Waals surface area (Å²) in [6, 6.07) is 8.06. The summed E-state index contributed by atoms with van der Waals surface area (Å²) in [6.07, 6.45) is 23.3. The van der Waals surface area contributed by atoms with Crippen molar-refractivity contribution in [2.45, 2.75) is 135 Å². The van der Waals surface area contributed by atoms with E-state index in [0.717, 1.165) is 24.9 Å². The lowest BCUT2D eigenvalue weighted by Crippen LogP contribution is -2.27. The number of carbonyl (C=O) groups excluding carboxylic acids is 1. The molecule has 1 amide bonds. The monoisotopic (exact) mass is 444 g/mol. The topological polar surface area (TPSA) is 49.3 Å². The van der Waals surface area contributed by atoms with Crippen LogP contribution in [0.3, 0.4) is 0 Å². The Morgan fingerprint density at radius 3 is 1.66 bits per heavy atom. The van der Waals surface area contributed by atoms with Gasteiger partial charge in [0.15, 0.2) is 0 Å².